The molecule has 18 heavy (non-hydrogen) atoms. The zero-order chi connectivity index (χ0) is 13.9. The summed E-state index contributed by atoms with van der Waals surface area (Å²) in [4.78, 5) is 16.2. The van der Waals surface area contributed by atoms with Crippen LogP contribution in [-0.2, 0) is 4.79 Å². The summed E-state index contributed by atoms with van der Waals surface area (Å²) < 4.78 is 0. The van der Waals surface area contributed by atoms with E-state index in [1.54, 1.807) is 0 Å². The van der Waals surface area contributed by atoms with Gasteiger partial charge < -0.3 is 5.11 Å². The van der Waals surface area contributed by atoms with Crippen LogP contribution in [0.25, 0.3) is 0 Å². The van der Waals surface area contributed by atoms with E-state index in [9.17, 15) is 9.90 Å². The Kier molecular flexibility index (Phi) is 5.17. The van der Waals surface area contributed by atoms with E-state index in [0.717, 1.165) is 13.1 Å². The third-order valence-corrected chi connectivity index (χ3v) is 4.77. The molecule has 1 aliphatic rings. The molecule has 0 saturated carbocycles. The van der Waals surface area contributed by atoms with Crippen LogP contribution in [0.5, 0.6) is 0 Å². The quantitative estimate of drug-likeness (QED) is 0.816. The van der Waals surface area contributed by atoms with Gasteiger partial charge in [0.1, 0.15) is 0 Å². The molecule has 1 rings (SSSR count). The van der Waals surface area contributed by atoms with E-state index in [0.29, 0.717) is 31.5 Å². The highest BCUT2D eigenvalue weighted by atomic mass is 16.4. The van der Waals surface area contributed by atoms with E-state index in [1.165, 1.54) is 0 Å². The summed E-state index contributed by atoms with van der Waals surface area (Å²) in [6, 6.07) is 0.989. The Morgan fingerprint density at radius 2 is 1.67 bits per heavy atom. The lowest BCUT2D eigenvalue weighted by atomic mass is 9.81. The molecular formula is C14H28N2O2. The van der Waals surface area contributed by atoms with Crippen LogP contribution in [0.2, 0.25) is 0 Å². The lowest BCUT2D eigenvalue weighted by molar-refractivity contribution is -0.151. The van der Waals surface area contributed by atoms with E-state index in [2.05, 4.69) is 30.7 Å². The fraction of sp³-hybridized carbons (Fsp3) is 0.929. The van der Waals surface area contributed by atoms with E-state index in [1.807, 2.05) is 13.8 Å². The molecule has 1 heterocycles. The molecule has 0 radical (unpaired) electrons. The Hall–Kier alpha value is -0.610. The van der Waals surface area contributed by atoms with Gasteiger partial charge in [0.15, 0.2) is 0 Å². The number of piperazine rings is 1. The van der Waals surface area contributed by atoms with Gasteiger partial charge >= 0.3 is 5.97 Å². The van der Waals surface area contributed by atoms with Crippen molar-refractivity contribution in [1.29, 1.82) is 0 Å². The largest absolute Gasteiger partial charge is 0.481 e. The highest BCUT2D eigenvalue weighted by Gasteiger charge is 2.38. The van der Waals surface area contributed by atoms with Crippen molar-refractivity contribution in [2.24, 2.45) is 5.41 Å². The second kappa shape index (κ2) is 6.02. The Morgan fingerprint density at radius 3 is 2.00 bits per heavy atom. The van der Waals surface area contributed by atoms with Crippen molar-refractivity contribution in [3.05, 3.63) is 0 Å². The van der Waals surface area contributed by atoms with E-state index >= 15 is 0 Å². The molecule has 1 N–H and O–H groups in total. The first kappa shape index (κ1) is 15.4. The monoisotopic (exact) mass is 256 g/mol. The first-order valence-electron chi connectivity index (χ1n) is 7.04. The molecule has 106 valence electrons. The molecule has 0 aromatic rings. The van der Waals surface area contributed by atoms with Crippen LogP contribution in [0.1, 0.15) is 40.5 Å². The van der Waals surface area contributed by atoms with Crippen molar-refractivity contribution in [1.82, 2.24) is 9.80 Å². The molecule has 1 aliphatic heterocycles. The molecule has 0 spiro atoms. The van der Waals surface area contributed by atoms with Crippen LogP contribution in [0, 0.1) is 5.41 Å². The molecule has 4 heteroatoms. The molecule has 1 saturated heterocycles. The molecule has 0 aromatic heterocycles. The average Bonchev–Trinajstić information content (AvgIpc) is 2.32. The van der Waals surface area contributed by atoms with Gasteiger partial charge in [-0.3, -0.25) is 14.6 Å². The minimum atomic E-state index is -0.647. The normalized spacial score (nSPS) is 27.4. The molecule has 0 aliphatic carbocycles. The smallest absolute Gasteiger partial charge is 0.310 e. The Labute approximate surface area is 111 Å². The van der Waals surface area contributed by atoms with Crippen molar-refractivity contribution < 1.29 is 9.90 Å². The van der Waals surface area contributed by atoms with Gasteiger partial charge in [-0.1, -0.05) is 13.8 Å². The van der Waals surface area contributed by atoms with Crippen LogP contribution in [-0.4, -0.2) is 59.6 Å². The maximum atomic E-state index is 11.5. The minimum absolute atomic E-state index is 0.494. The Balaban J connectivity index is 2.74. The zero-order valence-corrected chi connectivity index (χ0v) is 12.4. The summed E-state index contributed by atoms with van der Waals surface area (Å²) >= 11 is 0. The van der Waals surface area contributed by atoms with Gasteiger partial charge in [-0.25, -0.2) is 0 Å². The SMILES string of the molecule is CCC(CC)(CN1CC(C)N(C)C(C)C1)C(=O)O. The van der Waals surface area contributed by atoms with Gasteiger partial charge in [-0.05, 0) is 33.7 Å². The molecule has 2 atom stereocenters. The molecule has 0 aromatic carbocycles. The molecule has 2 unspecified atom stereocenters. The minimum Gasteiger partial charge on any atom is -0.481 e. The number of hydrogen-bond donors (Lipinski definition) is 1. The number of likely N-dealkylation sites (N-methyl/N-ethyl adjacent to an activating group) is 1. The predicted octanol–water partition coefficient (Wildman–Crippen LogP) is 1.90. The third kappa shape index (κ3) is 3.04. The van der Waals surface area contributed by atoms with Gasteiger partial charge in [0, 0.05) is 31.7 Å². The molecule has 4 nitrogen and oxygen atoms in total. The zero-order valence-electron chi connectivity index (χ0n) is 12.4. The van der Waals surface area contributed by atoms with Gasteiger partial charge in [0.25, 0.3) is 0 Å². The highest BCUT2D eigenvalue weighted by Crippen LogP contribution is 2.29. The van der Waals surface area contributed by atoms with Gasteiger partial charge in [0.2, 0.25) is 0 Å². The molecule has 0 amide bonds. The average molecular weight is 256 g/mol. The van der Waals surface area contributed by atoms with Gasteiger partial charge in [-0.15, -0.1) is 0 Å². The number of aliphatic carboxylic acids is 1. The number of carbonyl (C=O) groups is 1. The summed E-state index contributed by atoms with van der Waals surface area (Å²) in [6.07, 6.45) is 1.40. The lowest BCUT2D eigenvalue weighted by Crippen LogP contribution is -2.57. The van der Waals surface area contributed by atoms with E-state index in [-0.39, 0.29) is 0 Å². The summed E-state index contributed by atoms with van der Waals surface area (Å²) in [6.45, 7) is 11.0. The maximum Gasteiger partial charge on any atom is 0.310 e. The number of carboxylic acid groups (broad SMARTS) is 1. The fourth-order valence-electron chi connectivity index (χ4n) is 2.91. The van der Waals surface area contributed by atoms with Crippen LogP contribution in [0.4, 0.5) is 0 Å². The first-order valence-corrected chi connectivity index (χ1v) is 7.04. The highest BCUT2D eigenvalue weighted by molar-refractivity contribution is 5.74. The van der Waals surface area contributed by atoms with Crippen molar-refractivity contribution in [2.45, 2.75) is 52.6 Å². The van der Waals surface area contributed by atoms with E-state index < -0.39 is 11.4 Å². The van der Waals surface area contributed by atoms with Crippen molar-refractivity contribution in [3.8, 4) is 0 Å². The molecule has 0 bridgehead atoms. The number of rotatable bonds is 5. The van der Waals surface area contributed by atoms with Crippen molar-refractivity contribution in [3.63, 3.8) is 0 Å². The first-order chi connectivity index (χ1) is 8.36. The summed E-state index contributed by atoms with van der Waals surface area (Å²) in [5, 5.41) is 9.50. The Bertz CT molecular complexity index is 278. The number of carboxylic acids is 1. The maximum absolute atomic E-state index is 11.5. The van der Waals surface area contributed by atoms with E-state index in [4.69, 9.17) is 0 Å². The second-order valence-corrected chi connectivity index (χ2v) is 5.85. The topological polar surface area (TPSA) is 43.8 Å². The Morgan fingerprint density at radius 1 is 1.22 bits per heavy atom. The number of nitrogens with zero attached hydrogens (tertiary/aromatic N) is 2. The van der Waals surface area contributed by atoms with Crippen LogP contribution in [0.3, 0.4) is 0 Å². The fourth-order valence-corrected chi connectivity index (χ4v) is 2.91. The van der Waals surface area contributed by atoms with Gasteiger partial charge in [-0.2, -0.15) is 0 Å². The summed E-state index contributed by atoms with van der Waals surface area (Å²) in [7, 11) is 2.15. The molecular weight excluding hydrogens is 228 g/mol. The third-order valence-electron chi connectivity index (χ3n) is 4.77. The predicted molar refractivity (Wildman–Crippen MR) is 73.8 cm³/mol. The van der Waals surface area contributed by atoms with Crippen LogP contribution < -0.4 is 0 Å². The van der Waals surface area contributed by atoms with Crippen LogP contribution >= 0.6 is 0 Å². The second-order valence-electron chi connectivity index (χ2n) is 5.85. The van der Waals surface area contributed by atoms with Crippen LogP contribution in [0.15, 0.2) is 0 Å². The van der Waals surface area contributed by atoms with Gasteiger partial charge in [0.05, 0.1) is 5.41 Å². The van der Waals surface area contributed by atoms with Crippen molar-refractivity contribution in [2.75, 3.05) is 26.7 Å². The summed E-state index contributed by atoms with van der Waals surface area (Å²) in [5.41, 5.74) is -0.574. The summed E-state index contributed by atoms with van der Waals surface area (Å²) in [5.74, 6) is -0.647. The standard InChI is InChI=1S/C14H28N2O2/c1-6-14(7-2,13(17)18)10-16-8-11(3)15(5)12(4)9-16/h11-12H,6-10H2,1-5H3,(H,17,18). The molecule has 1 fully saturated rings. The number of hydrogen-bond acceptors (Lipinski definition) is 3. The lowest BCUT2D eigenvalue weighted by Gasteiger charge is -2.45. The van der Waals surface area contributed by atoms with Crippen molar-refractivity contribution >= 4 is 5.97 Å².